The number of nitrogens with zero attached hydrogens (tertiary/aromatic N) is 2. The van der Waals surface area contributed by atoms with Gasteiger partial charge in [-0.15, -0.1) is 0 Å². The zero-order valence-electron chi connectivity index (χ0n) is 10.8. The summed E-state index contributed by atoms with van der Waals surface area (Å²) in [7, 11) is -3.38. The zero-order chi connectivity index (χ0) is 13.9. The van der Waals surface area contributed by atoms with Crippen molar-refractivity contribution in [3.05, 3.63) is 41.5 Å². The SMILES string of the molecule is Cc1n[nH]c(C)c1NS(=O)(=O)CCc1ccncc1. The van der Waals surface area contributed by atoms with Crippen LogP contribution in [0.2, 0.25) is 0 Å². The van der Waals surface area contributed by atoms with Gasteiger partial charge in [0.05, 0.1) is 22.8 Å². The Bertz CT molecular complexity index is 630. The number of anilines is 1. The first-order valence-corrected chi connectivity index (χ1v) is 7.54. The van der Waals surface area contributed by atoms with Crippen molar-refractivity contribution in [3.63, 3.8) is 0 Å². The van der Waals surface area contributed by atoms with E-state index in [9.17, 15) is 8.42 Å². The lowest BCUT2D eigenvalue weighted by molar-refractivity contribution is 0.600. The minimum absolute atomic E-state index is 0.0288. The normalized spacial score (nSPS) is 11.5. The summed E-state index contributed by atoms with van der Waals surface area (Å²) in [5, 5.41) is 6.71. The van der Waals surface area contributed by atoms with Crippen LogP contribution in [0.25, 0.3) is 0 Å². The molecule has 0 amide bonds. The molecule has 0 aromatic carbocycles. The first-order chi connectivity index (χ1) is 8.98. The number of aromatic amines is 1. The fourth-order valence-corrected chi connectivity index (χ4v) is 2.93. The molecule has 0 spiro atoms. The van der Waals surface area contributed by atoms with Gasteiger partial charge in [0, 0.05) is 12.4 Å². The van der Waals surface area contributed by atoms with E-state index in [2.05, 4.69) is 19.9 Å². The Kier molecular flexibility index (Phi) is 3.84. The molecule has 0 bridgehead atoms. The van der Waals surface area contributed by atoms with Gasteiger partial charge in [0.1, 0.15) is 0 Å². The van der Waals surface area contributed by atoms with E-state index in [1.165, 1.54) is 0 Å². The maximum atomic E-state index is 12.0. The van der Waals surface area contributed by atoms with Gasteiger partial charge in [-0.2, -0.15) is 5.10 Å². The first kappa shape index (κ1) is 13.5. The van der Waals surface area contributed by atoms with Crippen molar-refractivity contribution in [2.24, 2.45) is 0 Å². The van der Waals surface area contributed by atoms with Crippen molar-refractivity contribution in [1.29, 1.82) is 0 Å². The van der Waals surface area contributed by atoms with Gasteiger partial charge in [0.2, 0.25) is 10.0 Å². The fraction of sp³-hybridized carbons (Fsp3) is 0.333. The first-order valence-electron chi connectivity index (χ1n) is 5.89. The number of hydrogen-bond acceptors (Lipinski definition) is 4. The summed E-state index contributed by atoms with van der Waals surface area (Å²) in [6.45, 7) is 3.53. The largest absolute Gasteiger partial charge is 0.280 e. The predicted molar refractivity (Wildman–Crippen MR) is 73.4 cm³/mol. The molecule has 2 N–H and O–H groups in total. The van der Waals surface area contributed by atoms with E-state index >= 15 is 0 Å². The number of sulfonamides is 1. The molecular weight excluding hydrogens is 264 g/mol. The highest BCUT2D eigenvalue weighted by Gasteiger charge is 2.15. The summed E-state index contributed by atoms with van der Waals surface area (Å²) >= 11 is 0. The van der Waals surface area contributed by atoms with Gasteiger partial charge in [-0.3, -0.25) is 14.8 Å². The lowest BCUT2D eigenvalue weighted by Gasteiger charge is -2.08. The molecule has 0 saturated carbocycles. The van der Waals surface area contributed by atoms with E-state index in [1.807, 2.05) is 12.1 Å². The topological polar surface area (TPSA) is 87.7 Å². The third-order valence-corrected chi connectivity index (χ3v) is 4.05. The van der Waals surface area contributed by atoms with Crippen molar-refractivity contribution in [1.82, 2.24) is 15.2 Å². The van der Waals surface area contributed by atoms with Crippen LogP contribution in [0.5, 0.6) is 0 Å². The average molecular weight is 280 g/mol. The van der Waals surface area contributed by atoms with Crippen LogP contribution >= 0.6 is 0 Å². The molecule has 0 fully saturated rings. The van der Waals surface area contributed by atoms with Crippen LogP contribution < -0.4 is 4.72 Å². The lowest BCUT2D eigenvalue weighted by atomic mass is 10.2. The van der Waals surface area contributed by atoms with Crippen LogP contribution in [0.1, 0.15) is 17.0 Å². The highest BCUT2D eigenvalue weighted by atomic mass is 32.2. The number of aryl methyl sites for hydroxylation is 3. The molecule has 2 heterocycles. The fourth-order valence-electron chi connectivity index (χ4n) is 1.71. The highest BCUT2D eigenvalue weighted by molar-refractivity contribution is 7.92. The number of aromatic nitrogens is 3. The highest BCUT2D eigenvalue weighted by Crippen LogP contribution is 2.18. The zero-order valence-corrected chi connectivity index (χ0v) is 11.7. The molecule has 0 saturated heterocycles. The lowest BCUT2D eigenvalue weighted by Crippen LogP contribution is -2.19. The maximum absolute atomic E-state index is 12.0. The van der Waals surface area contributed by atoms with Crippen LogP contribution in [0.15, 0.2) is 24.5 Å². The Morgan fingerprint density at radius 3 is 2.53 bits per heavy atom. The smallest absolute Gasteiger partial charge is 0.233 e. The van der Waals surface area contributed by atoms with Gasteiger partial charge < -0.3 is 0 Å². The van der Waals surface area contributed by atoms with E-state index in [4.69, 9.17) is 0 Å². The van der Waals surface area contributed by atoms with E-state index < -0.39 is 10.0 Å². The van der Waals surface area contributed by atoms with E-state index in [1.54, 1.807) is 26.2 Å². The molecule has 7 heteroatoms. The molecule has 0 aliphatic carbocycles. The molecule has 0 radical (unpaired) electrons. The van der Waals surface area contributed by atoms with Gasteiger partial charge in [-0.05, 0) is 38.0 Å². The summed E-state index contributed by atoms with van der Waals surface area (Å²) in [6.07, 6.45) is 3.76. The summed E-state index contributed by atoms with van der Waals surface area (Å²) < 4.78 is 26.6. The molecule has 0 aliphatic rings. The standard InChI is InChI=1S/C12H16N4O2S/c1-9-12(10(2)15-14-9)16-19(17,18)8-5-11-3-6-13-7-4-11/h3-4,6-7,16H,5,8H2,1-2H3,(H,14,15). The third-order valence-electron chi connectivity index (χ3n) is 2.79. The molecule has 0 aliphatic heterocycles. The Labute approximate surface area is 112 Å². The van der Waals surface area contributed by atoms with E-state index in [-0.39, 0.29) is 5.75 Å². The van der Waals surface area contributed by atoms with Crippen LogP contribution in [-0.4, -0.2) is 29.4 Å². The van der Waals surface area contributed by atoms with Gasteiger partial charge in [-0.25, -0.2) is 8.42 Å². The Morgan fingerprint density at radius 1 is 1.26 bits per heavy atom. The van der Waals surface area contributed by atoms with E-state index in [0.29, 0.717) is 23.5 Å². The molecule has 6 nitrogen and oxygen atoms in total. The molecule has 0 unspecified atom stereocenters. The molecule has 102 valence electrons. The second-order valence-corrected chi connectivity index (χ2v) is 6.18. The monoisotopic (exact) mass is 280 g/mol. The summed E-state index contributed by atoms with van der Waals surface area (Å²) in [6, 6.07) is 3.62. The van der Waals surface area contributed by atoms with Gasteiger partial charge >= 0.3 is 0 Å². The minimum atomic E-state index is -3.38. The quantitative estimate of drug-likeness (QED) is 0.866. The van der Waals surface area contributed by atoms with Crippen molar-refractivity contribution >= 4 is 15.7 Å². The minimum Gasteiger partial charge on any atom is -0.280 e. The molecule has 2 rings (SSSR count). The molecule has 2 aromatic heterocycles. The van der Waals surface area contributed by atoms with E-state index in [0.717, 1.165) is 5.56 Å². The summed E-state index contributed by atoms with van der Waals surface area (Å²) in [4.78, 5) is 3.90. The van der Waals surface area contributed by atoms with Crippen LogP contribution in [-0.2, 0) is 16.4 Å². The number of H-pyrrole nitrogens is 1. The third kappa shape index (κ3) is 3.54. The van der Waals surface area contributed by atoms with Crippen LogP contribution in [0.3, 0.4) is 0 Å². The van der Waals surface area contributed by atoms with Gasteiger partial charge in [0.15, 0.2) is 0 Å². The van der Waals surface area contributed by atoms with Crippen LogP contribution in [0.4, 0.5) is 5.69 Å². The van der Waals surface area contributed by atoms with Gasteiger partial charge in [0.25, 0.3) is 0 Å². The Hall–Kier alpha value is -1.89. The summed E-state index contributed by atoms with van der Waals surface area (Å²) in [5.41, 5.74) is 2.84. The predicted octanol–water partition coefficient (Wildman–Crippen LogP) is 1.41. The number of pyridine rings is 1. The number of hydrogen-bond donors (Lipinski definition) is 2. The average Bonchev–Trinajstić information content (AvgIpc) is 2.69. The molecular formula is C12H16N4O2S. The molecule has 2 aromatic rings. The Balaban J connectivity index is 2.04. The Morgan fingerprint density at radius 2 is 1.95 bits per heavy atom. The van der Waals surface area contributed by atoms with Crippen molar-refractivity contribution in [3.8, 4) is 0 Å². The number of rotatable bonds is 5. The summed E-state index contributed by atoms with van der Waals surface area (Å²) in [5.74, 6) is 0.0288. The maximum Gasteiger partial charge on any atom is 0.233 e. The molecule has 0 atom stereocenters. The van der Waals surface area contributed by atoms with Crippen molar-refractivity contribution in [2.75, 3.05) is 10.5 Å². The van der Waals surface area contributed by atoms with Crippen molar-refractivity contribution < 1.29 is 8.42 Å². The number of nitrogens with one attached hydrogen (secondary N) is 2. The second kappa shape index (κ2) is 5.40. The van der Waals surface area contributed by atoms with Crippen LogP contribution in [0, 0.1) is 13.8 Å². The molecule has 19 heavy (non-hydrogen) atoms. The van der Waals surface area contributed by atoms with Crippen molar-refractivity contribution in [2.45, 2.75) is 20.3 Å². The van der Waals surface area contributed by atoms with Gasteiger partial charge in [-0.1, -0.05) is 0 Å². The second-order valence-electron chi connectivity index (χ2n) is 4.34.